The van der Waals surface area contributed by atoms with Crippen molar-refractivity contribution in [3.8, 4) is 16.8 Å². The van der Waals surface area contributed by atoms with Crippen LogP contribution in [0.3, 0.4) is 0 Å². The van der Waals surface area contributed by atoms with Crippen molar-refractivity contribution < 1.29 is 4.42 Å². The van der Waals surface area contributed by atoms with E-state index in [-0.39, 0.29) is 0 Å². The Morgan fingerprint density at radius 1 is 0.420 bits per heavy atom. The molecule has 0 radical (unpaired) electrons. The molecule has 232 valence electrons. The average molecular weight is 655 g/mol. The van der Waals surface area contributed by atoms with Gasteiger partial charge in [0.25, 0.3) is 0 Å². The third-order valence-corrected chi connectivity index (χ3v) is 11.9. The highest BCUT2D eigenvalue weighted by atomic mass is 32.1. The lowest BCUT2D eigenvalue weighted by Crippen LogP contribution is -1.95. The second-order valence-electron chi connectivity index (χ2n) is 13.2. The first kappa shape index (κ1) is 26.6. The third kappa shape index (κ3) is 3.33. The van der Waals surface area contributed by atoms with Gasteiger partial charge in [-0.3, -0.25) is 0 Å². The molecule has 0 fully saturated rings. The molecule has 7 aromatic carbocycles. The van der Waals surface area contributed by atoms with Crippen molar-refractivity contribution in [2.45, 2.75) is 0 Å². The molecule has 0 atom stereocenters. The maximum Gasteiger partial charge on any atom is 0.135 e. The smallest absolute Gasteiger partial charge is 0.135 e. The predicted molar refractivity (Wildman–Crippen MR) is 212 cm³/mol. The van der Waals surface area contributed by atoms with Gasteiger partial charge >= 0.3 is 0 Å². The summed E-state index contributed by atoms with van der Waals surface area (Å²) in [5.74, 6) is 0. The summed E-state index contributed by atoms with van der Waals surface area (Å²) < 4.78 is 14.0. The van der Waals surface area contributed by atoms with Crippen LogP contribution in [0.2, 0.25) is 0 Å². The molecule has 0 aliphatic heterocycles. The van der Waals surface area contributed by atoms with Crippen molar-refractivity contribution in [3.63, 3.8) is 0 Å². The van der Waals surface area contributed by atoms with Crippen LogP contribution in [0.15, 0.2) is 162 Å². The molecule has 5 heterocycles. The highest BCUT2D eigenvalue weighted by molar-refractivity contribution is 7.26. The highest BCUT2D eigenvalue weighted by Crippen LogP contribution is 2.50. The van der Waals surface area contributed by atoms with Gasteiger partial charge in [0.15, 0.2) is 0 Å². The van der Waals surface area contributed by atoms with Crippen molar-refractivity contribution in [2.75, 3.05) is 0 Å². The molecule has 50 heavy (non-hydrogen) atoms. The van der Waals surface area contributed by atoms with E-state index >= 15 is 0 Å². The summed E-state index contributed by atoms with van der Waals surface area (Å²) >= 11 is 1.89. The Balaban J connectivity index is 1.37. The van der Waals surface area contributed by atoms with Crippen LogP contribution in [-0.4, -0.2) is 8.97 Å². The average Bonchev–Trinajstić information content (AvgIpc) is 3.92. The molecule has 0 aliphatic rings. The number of para-hydroxylation sites is 3. The molecule has 0 unspecified atom stereocenters. The molecule has 0 N–H and O–H groups in total. The van der Waals surface area contributed by atoms with E-state index in [9.17, 15) is 0 Å². The molecule has 0 spiro atoms. The maximum absolute atomic E-state index is 6.30. The SMILES string of the molecule is c1ccc2c(c1)oc1ccc(-n3c4ccccc4c4c3c(-c3cccc5c3sc3ccccc35)c3c5ccccc5c5ccccc5n34)cc12. The van der Waals surface area contributed by atoms with Crippen molar-refractivity contribution in [1.82, 2.24) is 8.97 Å². The largest absolute Gasteiger partial charge is 0.456 e. The second-order valence-corrected chi connectivity index (χ2v) is 14.3. The van der Waals surface area contributed by atoms with Crippen LogP contribution >= 0.6 is 11.3 Å². The second kappa shape index (κ2) is 9.63. The van der Waals surface area contributed by atoms with E-state index in [4.69, 9.17) is 4.42 Å². The monoisotopic (exact) mass is 654 g/mol. The fourth-order valence-electron chi connectivity index (χ4n) is 8.65. The number of hydrogen-bond donors (Lipinski definition) is 0. The predicted octanol–water partition coefficient (Wildman–Crippen LogP) is 13.3. The fourth-order valence-corrected chi connectivity index (χ4v) is 9.87. The van der Waals surface area contributed by atoms with Gasteiger partial charge in [0.05, 0.1) is 27.6 Å². The summed E-state index contributed by atoms with van der Waals surface area (Å²) in [4.78, 5) is 0. The molecule has 3 nitrogen and oxygen atoms in total. The number of benzene rings is 7. The first-order valence-corrected chi connectivity index (χ1v) is 17.8. The minimum Gasteiger partial charge on any atom is -0.456 e. The molecule has 0 amide bonds. The first-order valence-electron chi connectivity index (χ1n) is 17.0. The van der Waals surface area contributed by atoms with Crippen LogP contribution in [0.25, 0.3) is 108 Å². The summed E-state index contributed by atoms with van der Waals surface area (Å²) in [6.07, 6.45) is 0. The van der Waals surface area contributed by atoms with Crippen LogP contribution in [0, 0.1) is 0 Å². The number of hydrogen-bond acceptors (Lipinski definition) is 2. The Kier molecular flexibility index (Phi) is 5.12. The molecule has 12 rings (SSSR count). The third-order valence-electron chi connectivity index (χ3n) is 10.7. The van der Waals surface area contributed by atoms with E-state index in [1.807, 2.05) is 17.4 Å². The molecule has 0 saturated heterocycles. The zero-order valence-electron chi connectivity index (χ0n) is 26.7. The van der Waals surface area contributed by atoms with Crippen molar-refractivity contribution in [2.24, 2.45) is 0 Å². The molecular formula is C46H26N2OS. The van der Waals surface area contributed by atoms with Gasteiger partial charge in [-0.25, -0.2) is 0 Å². The normalized spacial score (nSPS) is 12.4. The number of nitrogens with zero attached hydrogens (tertiary/aromatic N) is 2. The summed E-state index contributed by atoms with van der Waals surface area (Å²) in [5, 5.41) is 9.86. The summed E-state index contributed by atoms with van der Waals surface area (Å²) in [6.45, 7) is 0. The summed E-state index contributed by atoms with van der Waals surface area (Å²) in [5.41, 5.74) is 11.5. The van der Waals surface area contributed by atoms with E-state index in [1.165, 1.54) is 80.4 Å². The van der Waals surface area contributed by atoms with E-state index in [2.05, 4.69) is 161 Å². The van der Waals surface area contributed by atoms with E-state index in [0.29, 0.717) is 0 Å². The van der Waals surface area contributed by atoms with Gasteiger partial charge in [0.2, 0.25) is 0 Å². The Labute approximate surface area is 289 Å². The quantitative estimate of drug-likeness (QED) is 0.170. The zero-order valence-corrected chi connectivity index (χ0v) is 27.5. The lowest BCUT2D eigenvalue weighted by Gasteiger charge is -2.13. The van der Waals surface area contributed by atoms with E-state index < -0.39 is 0 Å². The van der Waals surface area contributed by atoms with Crippen molar-refractivity contribution in [1.29, 1.82) is 0 Å². The number of aromatic nitrogens is 2. The summed E-state index contributed by atoms with van der Waals surface area (Å²) in [6, 6.07) is 57.4. The standard InChI is InChI=1S/C46H26N2OS/c1-2-16-32-28(12-1)29-13-3-7-20-37(29)48-43(32)42(35-19-11-18-33-31-15-6-10-23-41(31)50-46(33)35)45-44(48)34-17-4-8-21-38(34)47(45)27-24-25-40-36(26-27)30-14-5-9-22-39(30)49-40/h1-26H. The van der Waals surface area contributed by atoms with Gasteiger partial charge in [0, 0.05) is 63.9 Å². The van der Waals surface area contributed by atoms with Gasteiger partial charge < -0.3 is 13.4 Å². The Hall–Kier alpha value is -6.36. The molecule has 0 aliphatic carbocycles. The van der Waals surface area contributed by atoms with Gasteiger partial charge in [-0.15, -0.1) is 11.3 Å². The van der Waals surface area contributed by atoms with Gasteiger partial charge in [-0.05, 0) is 47.9 Å². The van der Waals surface area contributed by atoms with Crippen LogP contribution in [0.5, 0.6) is 0 Å². The fraction of sp³-hybridized carbons (Fsp3) is 0. The number of fused-ring (bicyclic) bond motifs is 16. The zero-order chi connectivity index (χ0) is 32.5. The molecular weight excluding hydrogens is 629 g/mol. The number of rotatable bonds is 2. The topological polar surface area (TPSA) is 22.5 Å². The van der Waals surface area contributed by atoms with Crippen LogP contribution < -0.4 is 0 Å². The number of furan rings is 1. The van der Waals surface area contributed by atoms with Crippen LogP contribution in [0.1, 0.15) is 0 Å². The van der Waals surface area contributed by atoms with Gasteiger partial charge in [-0.1, -0.05) is 115 Å². The lowest BCUT2D eigenvalue weighted by molar-refractivity contribution is 0.669. The molecule has 0 saturated carbocycles. The minimum atomic E-state index is 0.900. The van der Waals surface area contributed by atoms with Crippen LogP contribution in [0.4, 0.5) is 0 Å². The Morgan fingerprint density at radius 3 is 1.96 bits per heavy atom. The lowest BCUT2D eigenvalue weighted by atomic mass is 9.98. The molecule has 0 bridgehead atoms. The van der Waals surface area contributed by atoms with E-state index in [1.54, 1.807) is 0 Å². The van der Waals surface area contributed by atoms with Gasteiger partial charge in [-0.2, -0.15) is 0 Å². The minimum absolute atomic E-state index is 0.900. The molecule has 5 aromatic heterocycles. The first-order chi connectivity index (χ1) is 24.8. The number of thiophene rings is 1. The van der Waals surface area contributed by atoms with Crippen LogP contribution in [-0.2, 0) is 0 Å². The highest BCUT2D eigenvalue weighted by Gasteiger charge is 2.27. The van der Waals surface area contributed by atoms with E-state index in [0.717, 1.165) is 27.6 Å². The molecule has 12 aromatic rings. The van der Waals surface area contributed by atoms with Crippen molar-refractivity contribution in [3.05, 3.63) is 158 Å². The maximum atomic E-state index is 6.30. The number of pyridine rings is 1. The Morgan fingerprint density at radius 2 is 1.08 bits per heavy atom. The summed E-state index contributed by atoms with van der Waals surface area (Å²) in [7, 11) is 0. The van der Waals surface area contributed by atoms with Gasteiger partial charge in [0.1, 0.15) is 11.2 Å². The van der Waals surface area contributed by atoms with Crippen molar-refractivity contribution >= 4 is 103 Å². The molecule has 4 heteroatoms. The Bertz CT molecular complexity index is 3390.